The minimum atomic E-state index is 0.589. The van der Waals surface area contributed by atoms with Gasteiger partial charge in [-0.25, -0.2) is 0 Å². The molecule has 1 aromatic rings. The lowest BCUT2D eigenvalue weighted by Crippen LogP contribution is -1.62. The standard InChI is InChI=1S/C5H6ClNS/c1-4-2-5(3-6)8-7-4/h2H,3H2,1H3. The maximum absolute atomic E-state index is 5.51. The van der Waals surface area contributed by atoms with Crippen LogP contribution in [0.3, 0.4) is 0 Å². The fourth-order valence-electron chi connectivity index (χ4n) is 0.479. The Morgan fingerprint density at radius 2 is 2.62 bits per heavy atom. The summed E-state index contributed by atoms with van der Waals surface area (Å²) in [6.45, 7) is 1.96. The van der Waals surface area contributed by atoms with Crippen LogP contribution in [0.5, 0.6) is 0 Å². The van der Waals surface area contributed by atoms with Gasteiger partial charge in [0.05, 0.1) is 11.6 Å². The molecular weight excluding hydrogens is 142 g/mol. The third-order valence-electron chi connectivity index (χ3n) is 0.808. The van der Waals surface area contributed by atoms with Crippen LogP contribution in [0, 0.1) is 6.92 Å². The highest BCUT2D eigenvalue weighted by atomic mass is 35.5. The summed E-state index contributed by atoms with van der Waals surface area (Å²) in [7, 11) is 0. The van der Waals surface area contributed by atoms with E-state index in [1.807, 2.05) is 13.0 Å². The van der Waals surface area contributed by atoms with E-state index in [0.717, 1.165) is 10.6 Å². The van der Waals surface area contributed by atoms with Crippen molar-refractivity contribution in [3.8, 4) is 0 Å². The third-order valence-corrected chi connectivity index (χ3v) is 2.13. The monoisotopic (exact) mass is 147 g/mol. The summed E-state index contributed by atoms with van der Waals surface area (Å²) >= 11 is 6.98. The normalized spacial score (nSPS) is 9.75. The summed E-state index contributed by atoms with van der Waals surface area (Å²) in [4.78, 5) is 1.14. The van der Waals surface area contributed by atoms with Gasteiger partial charge in [0, 0.05) is 4.88 Å². The van der Waals surface area contributed by atoms with E-state index in [2.05, 4.69) is 4.37 Å². The zero-order valence-electron chi connectivity index (χ0n) is 4.52. The Balaban J connectivity index is 2.84. The van der Waals surface area contributed by atoms with E-state index in [1.54, 1.807) is 0 Å². The lowest BCUT2D eigenvalue weighted by Gasteiger charge is -1.75. The Morgan fingerprint density at radius 1 is 1.88 bits per heavy atom. The molecule has 0 unspecified atom stereocenters. The van der Waals surface area contributed by atoms with E-state index >= 15 is 0 Å². The van der Waals surface area contributed by atoms with Crippen LogP contribution in [0.2, 0.25) is 0 Å². The number of rotatable bonds is 1. The SMILES string of the molecule is Cc1cc(CCl)sn1. The summed E-state index contributed by atoms with van der Waals surface area (Å²) in [6.07, 6.45) is 0. The van der Waals surface area contributed by atoms with Gasteiger partial charge >= 0.3 is 0 Å². The summed E-state index contributed by atoms with van der Waals surface area (Å²) in [5.74, 6) is 0.589. The molecule has 0 radical (unpaired) electrons. The van der Waals surface area contributed by atoms with Crippen LogP contribution in [0.15, 0.2) is 6.07 Å². The Labute approximate surface area is 57.5 Å². The predicted octanol–water partition coefficient (Wildman–Crippen LogP) is 2.19. The van der Waals surface area contributed by atoms with E-state index in [-0.39, 0.29) is 0 Å². The Hall–Kier alpha value is -0.0800. The minimum Gasteiger partial charge on any atom is -0.198 e. The number of hydrogen-bond acceptors (Lipinski definition) is 2. The molecule has 0 bridgehead atoms. The lowest BCUT2D eigenvalue weighted by molar-refractivity contribution is 1.34. The maximum Gasteiger partial charge on any atom is 0.0584 e. The van der Waals surface area contributed by atoms with E-state index in [0.29, 0.717) is 5.88 Å². The molecule has 44 valence electrons. The van der Waals surface area contributed by atoms with E-state index in [9.17, 15) is 0 Å². The van der Waals surface area contributed by atoms with Crippen molar-refractivity contribution >= 4 is 23.1 Å². The Kier molecular flexibility index (Phi) is 1.86. The fraction of sp³-hybridized carbons (Fsp3) is 0.400. The molecule has 0 fully saturated rings. The first-order valence-corrected chi connectivity index (χ1v) is 3.62. The summed E-state index contributed by atoms with van der Waals surface area (Å²) in [6, 6.07) is 2.00. The van der Waals surface area contributed by atoms with E-state index in [4.69, 9.17) is 11.6 Å². The van der Waals surface area contributed by atoms with Crippen LogP contribution in [0.25, 0.3) is 0 Å². The summed E-state index contributed by atoms with van der Waals surface area (Å²) < 4.78 is 4.04. The van der Waals surface area contributed by atoms with Gasteiger partial charge in [0.25, 0.3) is 0 Å². The molecule has 0 saturated heterocycles. The quantitative estimate of drug-likeness (QED) is 0.555. The van der Waals surface area contributed by atoms with Gasteiger partial charge in [0.15, 0.2) is 0 Å². The molecule has 0 N–H and O–H groups in total. The van der Waals surface area contributed by atoms with Crippen molar-refractivity contribution in [1.29, 1.82) is 0 Å². The summed E-state index contributed by atoms with van der Waals surface area (Å²) in [5, 5.41) is 0. The molecule has 1 nitrogen and oxygen atoms in total. The van der Waals surface area contributed by atoms with Gasteiger partial charge in [0.1, 0.15) is 0 Å². The van der Waals surface area contributed by atoms with Crippen molar-refractivity contribution in [2.45, 2.75) is 12.8 Å². The minimum absolute atomic E-state index is 0.589. The second-order valence-electron chi connectivity index (χ2n) is 1.57. The number of aryl methyl sites for hydroxylation is 1. The van der Waals surface area contributed by atoms with Gasteiger partial charge in [0.2, 0.25) is 0 Å². The van der Waals surface area contributed by atoms with Gasteiger partial charge in [-0.15, -0.1) is 11.6 Å². The third kappa shape index (κ3) is 1.20. The number of alkyl halides is 1. The van der Waals surface area contributed by atoms with Crippen molar-refractivity contribution in [3.05, 3.63) is 16.6 Å². The van der Waals surface area contributed by atoms with Crippen LogP contribution in [-0.2, 0) is 5.88 Å². The van der Waals surface area contributed by atoms with Crippen LogP contribution in [-0.4, -0.2) is 4.37 Å². The van der Waals surface area contributed by atoms with Gasteiger partial charge < -0.3 is 0 Å². The molecule has 0 atom stereocenters. The first-order valence-electron chi connectivity index (χ1n) is 2.31. The van der Waals surface area contributed by atoms with Gasteiger partial charge in [-0.1, -0.05) is 0 Å². The maximum atomic E-state index is 5.51. The highest BCUT2D eigenvalue weighted by Crippen LogP contribution is 2.10. The Bertz CT molecular complexity index is 173. The van der Waals surface area contributed by atoms with Gasteiger partial charge in [-0.3, -0.25) is 0 Å². The molecule has 0 aromatic carbocycles. The van der Waals surface area contributed by atoms with Crippen molar-refractivity contribution in [2.75, 3.05) is 0 Å². The second-order valence-corrected chi connectivity index (χ2v) is 2.73. The Morgan fingerprint density at radius 3 is 2.88 bits per heavy atom. The lowest BCUT2D eigenvalue weighted by atomic mass is 10.4. The molecule has 0 spiro atoms. The second kappa shape index (κ2) is 2.46. The first kappa shape index (κ1) is 6.05. The zero-order chi connectivity index (χ0) is 5.98. The molecule has 8 heavy (non-hydrogen) atoms. The average Bonchev–Trinajstić information content (AvgIpc) is 2.14. The van der Waals surface area contributed by atoms with Crippen molar-refractivity contribution in [1.82, 2.24) is 4.37 Å². The largest absolute Gasteiger partial charge is 0.198 e. The van der Waals surface area contributed by atoms with Crippen LogP contribution >= 0.6 is 23.1 Å². The van der Waals surface area contributed by atoms with Crippen molar-refractivity contribution < 1.29 is 0 Å². The average molecular weight is 148 g/mol. The summed E-state index contributed by atoms with van der Waals surface area (Å²) in [5.41, 5.74) is 1.06. The van der Waals surface area contributed by atoms with Gasteiger partial charge in [-0.2, -0.15) is 4.37 Å². The molecular formula is C5H6ClNS. The van der Waals surface area contributed by atoms with E-state index in [1.165, 1.54) is 11.5 Å². The molecule has 0 aliphatic rings. The number of hydrogen-bond donors (Lipinski definition) is 0. The van der Waals surface area contributed by atoms with Crippen LogP contribution in [0.1, 0.15) is 10.6 Å². The predicted molar refractivity (Wildman–Crippen MR) is 36.4 cm³/mol. The number of nitrogens with zero attached hydrogens (tertiary/aromatic N) is 1. The first-order chi connectivity index (χ1) is 3.83. The smallest absolute Gasteiger partial charge is 0.0584 e. The van der Waals surface area contributed by atoms with Crippen molar-refractivity contribution in [2.24, 2.45) is 0 Å². The van der Waals surface area contributed by atoms with Crippen LogP contribution < -0.4 is 0 Å². The molecule has 0 aliphatic carbocycles. The highest BCUT2D eigenvalue weighted by Gasteiger charge is 1.92. The number of aromatic nitrogens is 1. The number of halogens is 1. The zero-order valence-corrected chi connectivity index (χ0v) is 6.09. The molecule has 1 heterocycles. The molecule has 3 heteroatoms. The molecule has 0 amide bonds. The van der Waals surface area contributed by atoms with E-state index < -0.39 is 0 Å². The fourth-order valence-corrected chi connectivity index (χ4v) is 1.29. The molecule has 0 aliphatic heterocycles. The van der Waals surface area contributed by atoms with Crippen molar-refractivity contribution in [3.63, 3.8) is 0 Å². The topological polar surface area (TPSA) is 12.9 Å². The highest BCUT2D eigenvalue weighted by molar-refractivity contribution is 7.06. The molecule has 1 rings (SSSR count). The molecule has 1 aromatic heterocycles. The van der Waals surface area contributed by atoms with Gasteiger partial charge in [-0.05, 0) is 24.5 Å². The molecule has 0 saturated carbocycles. The van der Waals surface area contributed by atoms with Crippen LogP contribution in [0.4, 0.5) is 0 Å².